The van der Waals surface area contributed by atoms with Gasteiger partial charge in [0.25, 0.3) is 0 Å². The smallest absolute Gasteiger partial charge is 0.192 e. The molecule has 100 valence electrons. The van der Waals surface area contributed by atoms with Crippen LogP contribution in [0, 0.1) is 19.7 Å². The maximum absolute atomic E-state index is 14.0. The van der Waals surface area contributed by atoms with Gasteiger partial charge in [0, 0.05) is 17.4 Å². The fourth-order valence-electron chi connectivity index (χ4n) is 1.82. The molecule has 19 heavy (non-hydrogen) atoms. The van der Waals surface area contributed by atoms with Crippen molar-refractivity contribution < 1.29 is 4.39 Å². The molecule has 0 bridgehead atoms. The highest BCUT2D eigenvalue weighted by Gasteiger charge is 2.14. The van der Waals surface area contributed by atoms with E-state index in [-0.39, 0.29) is 11.9 Å². The molecule has 1 aromatic carbocycles. The number of hydrogen-bond donors (Lipinski definition) is 1. The largest absolute Gasteiger partial charge is 0.324 e. The van der Waals surface area contributed by atoms with Crippen LogP contribution in [-0.4, -0.2) is 9.97 Å². The third-order valence-electron chi connectivity index (χ3n) is 2.64. The van der Waals surface area contributed by atoms with E-state index in [4.69, 9.17) is 5.73 Å². The van der Waals surface area contributed by atoms with Crippen molar-refractivity contribution in [2.75, 3.05) is 0 Å². The minimum atomic E-state index is -0.289. The lowest BCUT2D eigenvalue weighted by atomic mass is 10.1. The molecule has 0 saturated carbocycles. The van der Waals surface area contributed by atoms with Crippen molar-refractivity contribution in [2.24, 2.45) is 5.73 Å². The average molecular weight is 277 g/mol. The Balaban J connectivity index is 2.42. The van der Waals surface area contributed by atoms with E-state index < -0.39 is 0 Å². The molecule has 1 aromatic heterocycles. The molecule has 0 aliphatic heterocycles. The van der Waals surface area contributed by atoms with Gasteiger partial charge in [-0.05, 0) is 50.2 Å². The zero-order valence-electron chi connectivity index (χ0n) is 11.1. The van der Waals surface area contributed by atoms with Gasteiger partial charge in [-0.1, -0.05) is 12.1 Å². The number of halogens is 1. The van der Waals surface area contributed by atoms with Crippen molar-refractivity contribution in [1.29, 1.82) is 0 Å². The van der Waals surface area contributed by atoms with Crippen LogP contribution in [0.1, 0.15) is 29.9 Å². The van der Waals surface area contributed by atoms with Crippen LogP contribution in [0.15, 0.2) is 34.3 Å². The Morgan fingerprint density at radius 2 is 1.84 bits per heavy atom. The number of aromatic nitrogens is 2. The Morgan fingerprint density at radius 3 is 2.42 bits per heavy atom. The number of rotatable bonds is 3. The van der Waals surface area contributed by atoms with Gasteiger partial charge in [-0.25, -0.2) is 14.4 Å². The molecule has 0 spiro atoms. The molecule has 5 heteroatoms. The zero-order chi connectivity index (χ0) is 14.0. The minimum absolute atomic E-state index is 0.232. The van der Waals surface area contributed by atoms with Crippen LogP contribution in [0.3, 0.4) is 0 Å². The second-order valence-electron chi connectivity index (χ2n) is 4.48. The number of aryl methyl sites for hydroxylation is 2. The standard InChI is InChI=1S/C14H16FN3S/c1-8-7-9(2)18-14(17-8)19-13-11(10(3)16)5-4-6-12(13)15/h4-7,10H,16H2,1-3H3/t10-/m1/s1. The topological polar surface area (TPSA) is 51.8 Å². The highest BCUT2D eigenvalue weighted by atomic mass is 32.2. The maximum Gasteiger partial charge on any atom is 0.192 e. The Hall–Kier alpha value is -1.46. The first-order chi connectivity index (χ1) is 8.97. The highest BCUT2D eigenvalue weighted by molar-refractivity contribution is 7.99. The summed E-state index contributed by atoms with van der Waals surface area (Å²) in [5, 5.41) is 0.546. The van der Waals surface area contributed by atoms with Crippen LogP contribution in [0.5, 0.6) is 0 Å². The van der Waals surface area contributed by atoms with Crippen molar-refractivity contribution in [1.82, 2.24) is 9.97 Å². The fraction of sp³-hybridized carbons (Fsp3) is 0.286. The lowest BCUT2D eigenvalue weighted by molar-refractivity contribution is 0.591. The van der Waals surface area contributed by atoms with E-state index in [0.29, 0.717) is 10.1 Å². The molecule has 2 rings (SSSR count). The Morgan fingerprint density at radius 1 is 1.21 bits per heavy atom. The molecular formula is C14H16FN3S. The molecule has 0 aliphatic rings. The fourth-order valence-corrected chi connectivity index (χ4v) is 2.92. The van der Waals surface area contributed by atoms with E-state index in [1.165, 1.54) is 17.8 Å². The van der Waals surface area contributed by atoms with Gasteiger partial charge in [-0.3, -0.25) is 0 Å². The van der Waals surface area contributed by atoms with Crippen LogP contribution in [-0.2, 0) is 0 Å². The van der Waals surface area contributed by atoms with Crippen LogP contribution >= 0.6 is 11.8 Å². The Labute approximate surface area is 116 Å². The van der Waals surface area contributed by atoms with Gasteiger partial charge in [0.05, 0.1) is 4.90 Å². The van der Waals surface area contributed by atoms with Crippen LogP contribution in [0.2, 0.25) is 0 Å². The summed E-state index contributed by atoms with van der Waals surface area (Å²) in [7, 11) is 0. The predicted octanol–water partition coefficient (Wildman–Crippen LogP) is 3.40. The third-order valence-corrected chi connectivity index (χ3v) is 3.64. The first kappa shape index (κ1) is 14.0. The van der Waals surface area contributed by atoms with E-state index in [1.807, 2.05) is 32.9 Å². The number of hydrogen-bond acceptors (Lipinski definition) is 4. The lowest BCUT2D eigenvalue weighted by Crippen LogP contribution is -2.07. The summed E-state index contributed by atoms with van der Waals surface area (Å²) >= 11 is 1.22. The number of benzene rings is 1. The molecule has 2 aromatic rings. The first-order valence-electron chi connectivity index (χ1n) is 6.01. The van der Waals surface area contributed by atoms with E-state index >= 15 is 0 Å². The van der Waals surface area contributed by atoms with Crippen LogP contribution in [0.25, 0.3) is 0 Å². The van der Waals surface area contributed by atoms with Gasteiger partial charge in [-0.2, -0.15) is 0 Å². The van der Waals surface area contributed by atoms with E-state index in [0.717, 1.165) is 17.0 Å². The summed E-state index contributed by atoms with van der Waals surface area (Å²) in [6.45, 7) is 5.63. The quantitative estimate of drug-likeness (QED) is 0.874. The molecule has 0 aliphatic carbocycles. The molecule has 3 nitrogen and oxygen atoms in total. The Bertz CT molecular complexity index is 579. The maximum atomic E-state index is 14.0. The van der Waals surface area contributed by atoms with Crippen molar-refractivity contribution in [3.8, 4) is 0 Å². The van der Waals surface area contributed by atoms with Crippen LogP contribution in [0.4, 0.5) is 4.39 Å². The summed E-state index contributed by atoms with van der Waals surface area (Å²) in [4.78, 5) is 9.13. The SMILES string of the molecule is Cc1cc(C)nc(Sc2c(F)cccc2[C@@H](C)N)n1. The molecule has 0 saturated heterocycles. The third kappa shape index (κ3) is 3.30. The van der Waals surface area contributed by atoms with E-state index in [2.05, 4.69) is 9.97 Å². The van der Waals surface area contributed by atoms with Crippen molar-refractivity contribution >= 4 is 11.8 Å². The lowest BCUT2D eigenvalue weighted by Gasteiger charge is -2.12. The normalized spacial score (nSPS) is 12.5. The molecule has 0 amide bonds. The monoisotopic (exact) mass is 277 g/mol. The minimum Gasteiger partial charge on any atom is -0.324 e. The van der Waals surface area contributed by atoms with Crippen molar-refractivity contribution in [3.05, 3.63) is 47.0 Å². The van der Waals surface area contributed by atoms with Gasteiger partial charge < -0.3 is 5.73 Å². The summed E-state index contributed by atoms with van der Waals surface area (Å²) in [5.74, 6) is -0.289. The number of nitrogens with zero attached hydrogens (tertiary/aromatic N) is 2. The summed E-state index contributed by atoms with van der Waals surface area (Å²) in [5.41, 5.74) is 8.39. The van der Waals surface area contributed by atoms with Gasteiger partial charge in [0.15, 0.2) is 5.16 Å². The van der Waals surface area contributed by atoms with Gasteiger partial charge in [0.2, 0.25) is 0 Å². The number of nitrogens with two attached hydrogens (primary N) is 1. The predicted molar refractivity (Wildman–Crippen MR) is 74.6 cm³/mol. The highest BCUT2D eigenvalue weighted by Crippen LogP contribution is 2.33. The second kappa shape index (κ2) is 5.67. The zero-order valence-corrected chi connectivity index (χ0v) is 12.0. The van der Waals surface area contributed by atoms with Gasteiger partial charge >= 0.3 is 0 Å². The van der Waals surface area contributed by atoms with E-state index in [9.17, 15) is 4.39 Å². The molecule has 0 radical (unpaired) electrons. The summed E-state index contributed by atoms with van der Waals surface area (Å²) in [6, 6.07) is 6.58. The molecule has 1 atom stereocenters. The molecule has 0 unspecified atom stereocenters. The second-order valence-corrected chi connectivity index (χ2v) is 5.46. The molecule has 2 N–H and O–H groups in total. The van der Waals surface area contributed by atoms with Gasteiger partial charge in [-0.15, -0.1) is 0 Å². The molecular weight excluding hydrogens is 261 g/mol. The molecule has 0 fully saturated rings. The summed E-state index contributed by atoms with van der Waals surface area (Å²) < 4.78 is 14.0. The average Bonchev–Trinajstić information content (AvgIpc) is 2.30. The van der Waals surface area contributed by atoms with E-state index in [1.54, 1.807) is 6.07 Å². The van der Waals surface area contributed by atoms with Crippen LogP contribution < -0.4 is 5.73 Å². The van der Waals surface area contributed by atoms with Crippen molar-refractivity contribution in [3.63, 3.8) is 0 Å². The van der Waals surface area contributed by atoms with Gasteiger partial charge in [0.1, 0.15) is 5.82 Å². The summed E-state index contributed by atoms with van der Waals surface area (Å²) in [6.07, 6.45) is 0. The van der Waals surface area contributed by atoms with Crippen molar-refractivity contribution in [2.45, 2.75) is 36.9 Å². The first-order valence-corrected chi connectivity index (χ1v) is 6.83. The molecule has 1 heterocycles. The Kier molecular flexibility index (Phi) is 4.17.